The molecule has 3 rings (SSSR count). The van der Waals surface area contributed by atoms with Crippen LogP contribution in [0.1, 0.15) is 6.23 Å². The zero-order valence-electron chi connectivity index (χ0n) is 17.4. The molecule has 0 amide bonds. The van der Waals surface area contributed by atoms with E-state index in [9.17, 15) is 23.7 Å². The number of nitrogen functional groups attached to an aromatic ring is 1. The Labute approximate surface area is 186 Å². The van der Waals surface area contributed by atoms with E-state index in [1.54, 1.807) is 0 Å². The van der Waals surface area contributed by atoms with Crippen LogP contribution < -0.4 is 5.73 Å². The van der Waals surface area contributed by atoms with E-state index in [0.717, 1.165) is 21.3 Å². The van der Waals surface area contributed by atoms with E-state index in [-0.39, 0.29) is 5.82 Å². The highest BCUT2D eigenvalue weighted by molar-refractivity contribution is 7.67. The number of rotatable bonds is 11. The van der Waals surface area contributed by atoms with Crippen molar-refractivity contribution >= 4 is 40.4 Å². The highest BCUT2D eigenvalue weighted by atomic mass is 31.3. The first kappa shape index (κ1) is 26.3. The Morgan fingerprint density at radius 2 is 1.79 bits per heavy atom. The molecule has 1 aliphatic heterocycles. The van der Waals surface area contributed by atoms with Gasteiger partial charge in [0.1, 0.15) is 24.2 Å². The minimum Gasteiger partial charge on any atom is -0.390 e. The van der Waals surface area contributed by atoms with Crippen LogP contribution in [0.25, 0.3) is 11.2 Å². The average molecular weight is 532 g/mol. The summed E-state index contributed by atoms with van der Waals surface area (Å²) in [5.74, 6) is 0.154. The molecule has 1 radical (unpaired) electrons. The van der Waals surface area contributed by atoms with E-state index in [2.05, 4.69) is 37.1 Å². The van der Waals surface area contributed by atoms with Gasteiger partial charge in [-0.15, -0.1) is 0 Å². The SMILES string of the molecule is COP(=O)(O)OP(=O)(OC)OP(=O)(OC)OC[C@H]1O[C@@H](n2cnc3c(N)ncnc32)[CH]C1O. The first-order valence-electron chi connectivity index (χ1n) is 8.83. The van der Waals surface area contributed by atoms with Gasteiger partial charge in [-0.05, 0) is 0 Å². The largest absolute Gasteiger partial charge is 0.492 e. The molecule has 4 unspecified atom stereocenters. The number of aliphatic hydroxyl groups excluding tert-OH is 1. The summed E-state index contributed by atoms with van der Waals surface area (Å²) < 4.78 is 71.0. The van der Waals surface area contributed by atoms with Crippen molar-refractivity contribution in [2.45, 2.75) is 18.4 Å². The molecule has 1 fully saturated rings. The lowest BCUT2D eigenvalue weighted by atomic mass is 10.2. The Bertz CT molecular complexity index is 1130. The fourth-order valence-corrected chi connectivity index (χ4v) is 6.66. The van der Waals surface area contributed by atoms with Crippen LogP contribution in [-0.4, -0.2) is 69.7 Å². The van der Waals surface area contributed by atoms with Gasteiger partial charge in [0.2, 0.25) is 0 Å². The van der Waals surface area contributed by atoms with Crippen molar-refractivity contribution in [3.8, 4) is 0 Å². The highest BCUT2D eigenvalue weighted by Crippen LogP contribution is 2.71. The number of phosphoric acid groups is 3. The lowest BCUT2D eigenvalue weighted by Crippen LogP contribution is -2.26. The molecule has 17 nitrogen and oxygen atoms in total. The molecular formula is C13H21N5O12P3. The topological polar surface area (TPSA) is 226 Å². The minimum atomic E-state index is -4.94. The van der Waals surface area contributed by atoms with Crippen LogP contribution in [0.5, 0.6) is 0 Å². The van der Waals surface area contributed by atoms with Crippen LogP contribution in [0.15, 0.2) is 12.7 Å². The normalized spacial score (nSPS) is 26.6. The smallest absolute Gasteiger partial charge is 0.390 e. The number of nitrogens with two attached hydrogens (primary N) is 1. The molecule has 0 aromatic carbocycles. The second-order valence-electron chi connectivity index (χ2n) is 6.20. The fourth-order valence-electron chi connectivity index (χ4n) is 2.59. The molecule has 2 aromatic rings. The van der Waals surface area contributed by atoms with Crippen LogP contribution >= 0.6 is 23.5 Å². The number of aromatic nitrogens is 4. The van der Waals surface area contributed by atoms with Crippen molar-refractivity contribution < 1.29 is 55.1 Å². The van der Waals surface area contributed by atoms with Gasteiger partial charge in [-0.2, -0.15) is 8.62 Å². The Kier molecular flexibility index (Phi) is 8.06. The maximum Gasteiger partial charge on any atom is 0.492 e. The fraction of sp³-hybridized carbons (Fsp3) is 0.538. The van der Waals surface area contributed by atoms with Crippen molar-refractivity contribution in [2.24, 2.45) is 0 Å². The molecule has 1 aliphatic rings. The van der Waals surface area contributed by atoms with Gasteiger partial charge in [0.25, 0.3) is 0 Å². The van der Waals surface area contributed by atoms with Gasteiger partial charge < -0.3 is 20.5 Å². The van der Waals surface area contributed by atoms with Gasteiger partial charge in [-0.1, -0.05) is 0 Å². The molecule has 1 saturated heterocycles. The van der Waals surface area contributed by atoms with E-state index < -0.39 is 48.5 Å². The van der Waals surface area contributed by atoms with Crippen molar-refractivity contribution in [2.75, 3.05) is 33.7 Å². The molecule has 3 heterocycles. The van der Waals surface area contributed by atoms with E-state index in [4.69, 9.17) is 15.0 Å². The summed E-state index contributed by atoms with van der Waals surface area (Å²) in [7, 11) is -12.0. The van der Waals surface area contributed by atoms with Crippen LogP contribution in [0, 0.1) is 6.42 Å². The molecule has 0 aliphatic carbocycles. The first-order chi connectivity index (χ1) is 15.4. The van der Waals surface area contributed by atoms with Crippen LogP contribution in [0.4, 0.5) is 5.82 Å². The van der Waals surface area contributed by atoms with E-state index in [0.29, 0.717) is 11.2 Å². The Hall–Kier alpha value is -1.32. The monoisotopic (exact) mass is 532 g/mol. The van der Waals surface area contributed by atoms with E-state index in [1.807, 2.05) is 0 Å². The van der Waals surface area contributed by atoms with E-state index in [1.165, 1.54) is 23.6 Å². The standard InChI is InChI=1S/C13H21N5O12P3/c1-24-31(20,21)29-33(23,26-3)30-32(22,25-2)27-5-9-8(19)4-10(28-9)18-7-17-11-12(14)15-6-16-13(11)18/h4,6-10,19H,5H2,1-3H3,(H,20,21)(H2,14,15,16)/t8?,9-,10-,32?,33?/m1/s1. The summed E-state index contributed by atoms with van der Waals surface area (Å²) in [4.78, 5) is 21.3. The third-order valence-corrected chi connectivity index (χ3v) is 9.24. The van der Waals surface area contributed by atoms with Gasteiger partial charge in [0.15, 0.2) is 11.5 Å². The van der Waals surface area contributed by atoms with Crippen molar-refractivity contribution in [1.82, 2.24) is 19.5 Å². The Morgan fingerprint density at radius 1 is 1.09 bits per heavy atom. The van der Waals surface area contributed by atoms with Gasteiger partial charge in [-0.25, -0.2) is 28.6 Å². The number of fused-ring (bicyclic) bond motifs is 1. The molecular weight excluding hydrogens is 511 g/mol. The summed E-state index contributed by atoms with van der Waals surface area (Å²) in [6, 6.07) is 0. The molecule has 6 atom stereocenters. The number of hydrogen-bond acceptors (Lipinski definition) is 15. The molecule has 0 bridgehead atoms. The minimum absolute atomic E-state index is 0.154. The Balaban J connectivity index is 1.68. The number of phosphoric ester groups is 2. The summed E-state index contributed by atoms with van der Waals surface area (Å²) in [5.41, 5.74) is 6.42. The second kappa shape index (κ2) is 10.1. The van der Waals surface area contributed by atoms with Crippen LogP contribution in [0.2, 0.25) is 0 Å². The number of ether oxygens (including phenoxy) is 1. The van der Waals surface area contributed by atoms with Gasteiger partial charge in [0.05, 0.1) is 19.0 Å². The van der Waals surface area contributed by atoms with Gasteiger partial charge >= 0.3 is 23.5 Å². The van der Waals surface area contributed by atoms with Crippen molar-refractivity contribution in [3.63, 3.8) is 0 Å². The Morgan fingerprint density at radius 3 is 2.42 bits per heavy atom. The van der Waals surface area contributed by atoms with Crippen LogP contribution in [-0.2, 0) is 45.1 Å². The zero-order chi connectivity index (χ0) is 24.4. The maximum absolute atomic E-state index is 12.7. The summed E-state index contributed by atoms with van der Waals surface area (Å²) in [6.07, 6.45) is 0.837. The molecule has 4 N–H and O–H groups in total. The summed E-state index contributed by atoms with van der Waals surface area (Å²) >= 11 is 0. The number of imidazole rings is 1. The molecule has 33 heavy (non-hydrogen) atoms. The summed E-state index contributed by atoms with van der Waals surface area (Å²) in [5, 5.41) is 10.3. The maximum atomic E-state index is 12.7. The molecule has 2 aromatic heterocycles. The van der Waals surface area contributed by atoms with Crippen LogP contribution in [0.3, 0.4) is 0 Å². The van der Waals surface area contributed by atoms with Crippen molar-refractivity contribution in [3.05, 3.63) is 19.1 Å². The number of nitrogens with zero attached hydrogens (tertiary/aromatic N) is 4. The van der Waals surface area contributed by atoms with Gasteiger partial charge in [0, 0.05) is 27.8 Å². The third-order valence-electron chi connectivity index (χ3n) is 4.20. The second-order valence-corrected chi connectivity index (χ2v) is 11.6. The predicted octanol–water partition coefficient (Wildman–Crippen LogP) is 1.18. The molecule has 20 heteroatoms. The van der Waals surface area contributed by atoms with Gasteiger partial charge in [-0.3, -0.25) is 22.7 Å². The van der Waals surface area contributed by atoms with E-state index >= 15 is 0 Å². The summed E-state index contributed by atoms with van der Waals surface area (Å²) in [6.45, 7) is -0.589. The quantitative estimate of drug-likeness (QED) is 0.345. The predicted molar refractivity (Wildman–Crippen MR) is 108 cm³/mol. The number of anilines is 1. The lowest BCUT2D eigenvalue weighted by Gasteiger charge is -2.23. The zero-order valence-corrected chi connectivity index (χ0v) is 20.0. The molecule has 0 saturated carbocycles. The van der Waals surface area contributed by atoms with Crippen molar-refractivity contribution in [1.29, 1.82) is 0 Å². The first-order valence-corrected chi connectivity index (χ1v) is 13.3. The number of aliphatic hydroxyl groups is 1. The average Bonchev–Trinajstić information content (AvgIpc) is 3.36. The lowest BCUT2D eigenvalue weighted by molar-refractivity contribution is -0.0422. The third kappa shape index (κ3) is 6.03. The molecule has 185 valence electrons. The highest BCUT2D eigenvalue weighted by Gasteiger charge is 2.46. The molecule has 0 spiro atoms. The number of hydrogen-bond donors (Lipinski definition) is 3.